The summed E-state index contributed by atoms with van der Waals surface area (Å²) in [6.07, 6.45) is 0.649. The van der Waals surface area contributed by atoms with Crippen LogP contribution in [0.1, 0.15) is 56.5 Å². The summed E-state index contributed by atoms with van der Waals surface area (Å²) < 4.78 is 5.98. The van der Waals surface area contributed by atoms with Gasteiger partial charge in [-0.05, 0) is 48.4 Å². The molecule has 6 nitrogen and oxygen atoms in total. The Morgan fingerprint density at radius 2 is 1.79 bits per heavy atom. The number of carbonyl (C=O) groups excluding carboxylic acids is 2. The highest BCUT2D eigenvalue weighted by Crippen LogP contribution is 2.22. The number of aliphatic hydroxyl groups is 1. The lowest BCUT2D eigenvalue weighted by atomic mass is 9.91. The summed E-state index contributed by atoms with van der Waals surface area (Å²) >= 11 is 3.40. The van der Waals surface area contributed by atoms with Crippen molar-refractivity contribution >= 4 is 27.7 Å². The van der Waals surface area contributed by atoms with Crippen molar-refractivity contribution in [3.63, 3.8) is 0 Å². The first-order chi connectivity index (χ1) is 16.0. The molecule has 0 aliphatic heterocycles. The fourth-order valence-corrected chi connectivity index (χ4v) is 4.06. The van der Waals surface area contributed by atoms with E-state index in [0.717, 1.165) is 16.5 Å². The van der Waals surface area contributed by atoms with Crippen LogP contribution in [-0.4, -0.2) is 42.7 Å². The largest absolute Gasteiger partial charge is 0.497 e. The lowest BCUT2D eigenvalue weighted by Gasteiger charge is -2.27. The molecule has 0 unspecified atom stereocenters. The predicted octanol–water partition coefficient (Wildman–Crippen LogP) is 4.74. The van der Waals surface area contributed by atoms with Gasteiger partial charge in [0.05, 0.1) is 19.3 Å². The molecule has 0 fully saturated rings. The molecule has 0 radical (unpaired) electrons. The maximum absolute atomic E-state index is 13.0. The van der Waals surface area contributed by atoms with E-state index in [1.165, 1.54) is 0 Å². The summed E-state index contributed by atoms with van der Waals surface area (Å²) in [4.78, 5) is 25.6. The average molecular weight is 534 g/mol. The summed E-state index contributed by atoms with van der Waals surface area (Å²) in [6.45, 7) is 8.78. The van der Waals surface area contributed by atoms with Gasteiger partial charge in [-0.1, -0.05) is 74.0 Å². The Kier molecular flexibility index (Phi) is 10.6. The Bertz CT molecular complexity index is 943. The highest BCUT2D eigenvalue weighted by atomic mass is 79.9. The van der Waals surface area contributed by atoms with Gasteiger partial charge in [-0.25, -0.2) is 0 Å². The van der Waals surface area contributed by atoms with Gasteiger partial charge in [-0.15, -0.1) is 0 Å². The van der Waals surface area contributed by atoms with Crippen LogP contribution in [-0.2, 0) is 11.2 Å². The monoisotopic (exact) mass is 532 g/mol. The summed E-state index contributed by atoms with van der Waals surface area (Å²) in [5.74, 6) is -0.247. The maximum atomic E-state index is 13.0. The third-order valence-electron chi connectivity index (χ3n) is 5.67. The van der Waals surface area contributed by atoms with E-state index in [0.29, 0.717) is 24.3 Å². The molecule has 0 aliphatic carbocycles. The van der Waals surface area contributed by atoms with Gasteiger partial charge in [0.25, 0.3) is 5.91 Å². The normalized spacial score (nSPS) is 14.1. The number of benzene rings is 2. The highest BCUT2D eigenvalue weighted by Gasteiger charge is 2.27. The van der Waals surface area contributed by atoms with E-state index >= 15 is 0 Å². The van der Waals surface area contributed by atoms with Crippen molar-refractivity contribution < 1.29 is 19.4 Å². The van der Waals surface area contributed by atoms with Gasteiger partial charge in [0.15, 0.2) is 0 Å². The van der Waals surface area contributed by atoms with Crippen molar-refractivity contribution in [2.24, 2.45) is 11.3 Å². The van der Waals surface area contributed by atoms with E-state index in [1.807, 2.05) is 30.3 Å². The molecule has 186 valence electrons. The second-order valence-corrected chi connectivity index (χ2v) is 10.9. The molecule has 0 bridgehead atoms. The van der Waals surface area contributed by atoms with Crippen LogP contribution in [0.15, 0.2) is 53.0 Å². The number of halogens is 1. The van der Waals surface area contributed by atoms with Gasteiger partial charge < -0.3 is 20.5 Å². The number of aliphatic hydroxyl groups excluding tert-OH is 1. The lowest BCUT2D eigenvalue weighted by molar-refractivity contribution is -0.125. The smallest absolute Gasteiger partial charge is 0.251 e. The molecule has 2 aromatic rings. The molecular weight excluding hydrogens is 496 g/mol. The minimum Gasteiger partial charge on any atom is -0.497 e. The van der Waals surface area contributed by atoms with Crippen LogP contribution in [0.2, 0.25) is 0 Å². The molecule has 0 aromatic heterocycles. The Morgan fingerprint density at radius 3 is 2.41 bits per heavy atom. The minimum atomic E-state index is -0.901. The third kappa shape index (κ3) is 9.47. The van der Waals surface area contributed by atoms with Crippen LogP contribution < -0.4 is 15.4 Å². The van der Waals surface area contributed by atoms with Crippen molar-refractivity contribution in [1.82, 2.24) is 10.6 Å². The van der Waals surface area contributed by atoms with E-state index in [9.17, 15) is 14.7 Å². The molecule has 3 N–H and O–H groups in total. The second kappa shape index (κ2) is 12.9. The fraction of sp³-hybridized carbons (Fsp3) is 0.481. The van der Waals surface area contributed by atoms with Crippen LogP contribution in [0.3, 0.4) is 0 Å². The van der Waals surface area contributed by atoms with E-state index in [1.54, 1.807) is 32.2 Å². The summed E-state index contributed by atoms with van der Waals surface area (Å²) in [7, 11) is 1.54. The van der Waals surface area contributed by atoms with Crippen LogP contribution in [0.4, 0.5) is 0 Å². The average Bonchev–Trinajstić information content (AvgIpc) is 2.77. The van der Waals surface area contributed by atoms with Gasteiger partial charge in [0, 0.05) is 22.5 Å². The highest BCUT2D eigenvalue weighted by molar-refractivity contribution is 9.10. The number of nitrogens with one attached hydrogen (secondary N) is 2. The Hall–Kier alpha value is -2.38. The first kappa shape index (κ1) is 27.9. The molecule has 0 heterocycles. The number of carbonyl (C=O) groups is 2. The topological polar surface area (TPSA) is 87.7 Å². The third-order valence-corrected chi connectivity index (χ3v) is 6.12. The zero-order valence-corrected chi connectivity index (χ0v) is 22.3. The van der Waals surface area contributed by atoms with Gasteiger partial charge >= 0.3 is 0 Å². The van der Waals surface area contributed by atoms with Crippen molar-refractivity contribution in [3.05, 3.63) is 64.1 Å². The molecule has 0 aliphatic rings. The number of hydrogen-bond acceptors (Lipinski definition) is 4. The van der Waals surface area contributed by atoms with Gasteiger partial charge in [-0.3, -0.25) is 9.59 Å². The summed E-state index contributed by atoms with van der Waals surface area (Å²) in [6, 6.07) is 14.2. The molecule has 0 saturated heterocycles. The van der Waals surface area contributed by atoms with Crippen LogP contribution >= 0.6 is 15.9 Å². The van der Waals surface area contributed by atoms with Crippen molar-refractivity contribution in [2.75, 3.05) is 13.7 Å². The Balaban J connectivity index is 2.11. The fourth-order valence-electron chi connectivity index (χ4n) is 3.58. The van der Waals surface area contributed by atoms with Gasteiger partial charge in [-0.2, -0.15) is 0 Å². The van der Waals surface area contributed by atoms with E-state index in [2.05, 4.69) is 47.3 Å². The number of ether oxygens (including phenoxy) is 1. The van der Waals surface area contributed by atoms with Crippen LogP contribution in [0.5, 0.6) is 5.75 Å². The summed E-state index contributed by atoms with van der Waals surface area (Å²) in [5.41, 5.74) is 1.54. The molecule has 2 aromatic carbocycles. The van der Waals surface area contributed by atoms with E-state index in [4.69, 9.17) is 4.74 Å². The molecule has 0 saturated carbocycles. The number of amides is 2. The molecule has 3 atom stereocenters. The molecule has 2 rings (SSSR count). The van der Waals surface area contributed by atoms with Crippen molar-refractivity contribution in [3.8, 4) is 5.75 Å². The van der Waals surface area contributed by atoms with Gasteiger partial charge in [0.2, 0.25) is 5.91 Å². The molecule has 7 heteroatoms. The Labute approximate surface area is 211 Å². The first-order valence-corrected chi connectivity index (χ1v) is 12.4. The van der Waals surface area contributed by atoms with E-state index in [-0.39, 0.29) is 23.7 Å². The van der Waals surface area contributed by atoms with Crippen LogP contribution in [0, 0.1) is 11.3 Å². The number of hydrogen-bond donors (Lipinski definition) is 3. The summed E-state index contributed by atoms with van der Waals surface area (Å²) in [5, 5.41) is 17.0. The standard InChI is InChI=1S/C27H37BrN2O4/c1-18(25(32)29-12-11-27(2,3)4)13-24(31)23(14-19-9-7-6-8-10-19)30-26(33)20-15-21(28)17-22(16-20)34-5/h6-10,15-18,23-24,31H,11-14H2,1-5H3,(H,29,32)(H,30,33)/t18-,23+,24+/m1/s1. The van der Waals surface area contributed by atoms with Gasteiger partial charge in [0.1, 0.15) is 5.75 Å². The number of rotatable bonds is 11. The van der Waals surface area contributed by atoms with Crippen LogP contribution in [0.25, 0.3) is 0 Å². The molecule has 34 heavy (non-hydrogen) atoms. The molecule has 0 spiro atoms. The zero-order chi connectivity index (χ0) is 25.3. The molecular formula is C27H37BrN2O4. The first-order valence-electron chi connectivity index (χ1n) is 11.6. The van der Waals surface area contributed by atoms with Crippen molar-refractivity contribution in [2.45, 2.75) is 59.1 Å². The molecule has 2 amide bonds. The zero-order valence-electron chi connectivity index (χ0n) is 20.7. The Morgan fingerprint density at radius 1 is 1.12 bits per heavy atom. The SMILES string of the molecule is COc1cc(Br)cc(C(=O)N[C@@H](Cc2ccccc2)[C@@H](O)C[C@@H](C)C(=O)NCCC(C)(C)C)c1. The minimum absolute atomic E-state index is 0.0928. The van der Waals surface area contributed by atoms with E-state index < -0.39 is 18.1 Å². The maximum Gasteiger partial charge on any atom is 0.251 e. The quantitative estimate of drug-likeness (QED) is 0.390. The van der Waals surface area contributed by atoms with Crippen molar-refractivity contribution in [1.29, 1.82) is 0 Å². The number of methoxy groups -OCH3 is 1. The lowest BCUT2D eigenvalue weighted by Crippen LogP contribution is -2.46. The predicted molar refractivity (Wildman–Crippen MR) is 139 cm³/mol. The second-order valence-electron chi connectivity index (χ2n) is 9.96.